The summed E-state index contributed by atoms with van der Waals surface area (Å²) in [5.41, 5.74) is 0.664. The number of aryl methyl sites for hydroxylation is 1. The second kappa shape index (κ2) is 4.66. The number of hydrogen-bond donors (Lipinski definition) is 3. The van der Waals surface area contributed by atoms with Crippen LogP contribution < -0.4 is 4.74 Å². The largest absolute Gasteiger partial charge is 0.504 e. The monoisotopic (exact) mass is 232 g/mol. The number of ether oxygens (including phenoxy) is 1. The molecule has 3 N–H and O–H groups in total. The summed E-state index contributed by atoms with van der Waals surface area (Å²) in [7, 11) is -2.54. The molecule has 1 rings (SSSR count). The van der Waals surface area contributed by atoms with E-state index < -0.39 is 7.60 Å². The molecular weight excluding hydrogens is 219 g/mol. The summed E-state index contributed by atoms with van der Waals surface area (Å²) >= 11 is 0. The molecule has 15 heavy (non-hydrogen) atoms. The van der Waals surface area contributed by atoms with Gasteiger partial charge in [-0.25, -0.2) is 0 Å². The van der Waals surface area contributed by atoms with Gasteiger partial charge in [-0.1, -0.05) is 6.07 Å². The second-order valence-corrected chi connectivity index (χ2v) is 4.92. The van der Waals surface area contributed by atoms with Crippen molar-refractivity contribution < 1.29 is 24.2 Å². The maximum Gasteiger partial charge on any atom is 0.325 e. The SMILES string of the molecule is COc1ccc(CCP(=O)(O)O)cc1O. The van der Waals surface area contributed by atoms with Gasteiger partial charge in [0, 0.05) is 0 Å². The lowest BCUT2D eigenvalue weighted by molar-refractivity contribution is 0.371. The molecule has 1 aromatic rings. The zero-order valence-corrected chi connectivity index (χ0v) is 9.15. The average Bonchev–Trinajstić information content (AvgIpc) is 2.14. The van der Waals surface area contributed by atoms with E-state index in [1.165, 1.54) is 13.2 Å². The minimum absolute atomic E-state index is 0.0271. The van der Waals surface area contributed by atoms with Crippen LogP contribution in [-0.4, -0.2) is 28.2 Å². The summed E-state index contributed by atoms with van der Waals surface area (Å²) in [4.78, 5) is 17.3. The molecule has 0 heterocycles. The molecule has 0 aliphatic heterocycles. The highest BCUT2D eigenvalue weighted by Crippen LogP contribution is 2.35. The number of methoxy groups -OCH3 is 1. The molecule has 0 amide bonds. The number of aromatic hydroxyl groups is 1. The topological polar surface area (TPSA) is 87.0 Å². The average molecular weight is 232 g/mol. The van der Waals surface area contributed by atoms with Crippen molar-refractivity contribution in [1.29, 1.82) is 0 Å². The highest BCUT2D eigenvalue weighted by atomic mass is 31.2. The normalized spacial score (nSPS) is 11.4. The first-order valence-electron chi connectivity index (χ1n) is 4.33. The molecule has 0 bridgehead atoms. The Hall–Kier alpha value is -1.03. The van der Waals surface area contributed by atoms with Gasteiger partial charge < -0.3 is 19.6 Å². The third-order valence-corrected chi connectivity index (χ3v) is 2.74. The highest BCUT2D eigenvalue weighted by molar-refractivity contribution is 7.51. The van der Waals surface area contributed by atoms with Crippen molar-refractivity contribution >= 4 is 7.60 Å². The van der Waals surface area contributed by atoms with E-state index in [4.69, 9.17) is 14.5 Å². The van der Waals surface area contributed by atoms with Crippen molar-refractivity contribution in [3.8, 4) is 11.5 Å². The maximum absolute atomic E-state index is 10.6. The zero-order valence-electron chi connectivity index (χ0n) is 8.25. The standard InChI is InChI=1S/C9H13O5P/c1-14-9-3-2-7(6-8(9)10)4-5-15(11,12)13/h2-3,6,10H,4-5H2,1H3,(H2,11,12,13). The van der Waals surface area contributed by atoms with Crippen molar-refractivity contribution in [2.24, 2.45) is 0 Å². The molecule has 0 aromatic heterocycles. The van der Waals surface area contributed by atoms with Gasteiger partial charge in [-0.05, 0) is 24.1 Å². The molecule has 0 atom stereocenters. The molecule has 0 aliphatic carbocycles. The molecule has 6 heteroatoms. The molecule has 0 unspecified atom stereocenters. The number of phenolic OH excluding ortho intramolecular Hbond substituents is 1. The number of rotatable bonds is 4. The van der Waals surface area contributed by atoms with Crippen molar-refractivity contribution in [3.63, 3.8) is 0 Å². The quantitative estimate of drug-likeness (QED) is 0.677. The molecule has 0 saturated carbocycles. The van der Waals surface area contributed by atoms with Crippen LogP contribution in [0.5, 0.6) is 11.5 Å². The van der Waals surface area contributed by atoms with Crippen LogP contribution in [0.3, 0.4) is 0 Å². The Kier molecular flexibility index (Phi) is 3.74. The molecule has 0 saturated heterocycles. The van der Waals surface area contributed by atoms with Gasteiger partial charge in [0.25, 0.3) is 0 Å². The number of hydrogen-bond acceptors (Lipinski definition) is 3. The van der Waals surface area contributed by atoms with Crippen LogP contribution in [0.1, 0.15) is 5.56 Å². The first-order chi connectivity index (χ1) is 6.92. The lowest BCUT2D eigenvalue weighted by Gasteiger charge is -2.07. The fourth-order valence-corrected chi connectivity index (χ4v) is 1.72. The minimum Gasteiger partial charge on any atom is -0.504 e. The van der Waals surface area contributed by atoms with E-state index in [0.29, 0.717) is 11.3 Å². The van der Waals surface area contributed by atoms with Gasteiger partial charge in [-0.15, -0.1) is 0 Å². The predicted octanol–water partition coefficient (Wildman–Crippen LogP) is 1.12. The van der Waals surface area contributed by atoms with E-state index in [1.807, 2.05) is 0 Å². The van der Waals surface area contributed by atoms with Crippen LogP contribution in [0.25, 0.3) is 0 Å². The van der Waals surface area contributed by atoms with Crippen molar-refractivity contribution in [2.75, 3.05) is 13.3 Å². The van der Waals surface area contributed by atoms with E-state index in [9.17, 15) is 9.67 Å². The fourth-order valence-electron chi connectivity index (χ4n) is 1.17. The molecule has 1 aromatic carbocycles. The zero-order chi connectivity index (χ0) is 11.5. The summed E-state index contributed by atoms with van der Waals surface area (Å²) in [6.45, 7) is 0. The van der Waals surface area contributed by atoms with Crippen LogP contribution in [0, 0.1) is 0 Å². The van der Waals surface area contributed by atoms with Gasteiger partial charge in [0.15, 0.2) is 11.5 Å². The van der Waals surface area contributed by atoms with Gasteiger partial charge >= 0.3 is 7.60 Å². The van der Waals surface area contributed by atoms with E-state index >= 15 is 0 Å². The van der Waals surface area contributed by atoms with Crippen molar-refractivity contribution in [1.82, 2.24) is 0 Å². The van der Waals surface area contributed by atoms with Gasteiger partial charge in [0.1, 0.15) is 0 Å². The van der Waals surface area contributed by atoms with Gasteiger partial charge in [-0.2, -0.15) is 0 Å². The van der Waals surface area contributed by atoms with E-state index in [-0.39, 0.29) is 18.3 Å². The molecular formula is C9H13O5P. The maximum atomic E-state index is 10.6. The van der Waals surface area contributed by atoms with Gasteiger partial charge in [-0.3, -0.25) is 4.57 Å². The summed E-state index contributed by atoms with van der Waals surface area (Å²) in [6.07, 6.45) is 0.000596. The van der Waals surface area contributed by atoms with E-state index in [1.54, 1.807) is 12.1 Å². The molecule has 0 radical (unpaired) electrons. The van der Waals surface area contributed by atoms with Crippen molar-refractivity contribution in [2.45, 2.75) is 6.42 Å². The molecule has 84 valence electrons. The molecule has 0 spiro atoms. The van der Waals surface area contributed by atoms with Crippen LogP contribution in [0.15, 0.2) is 18.2 Å². The number of benzene rings is 1. The Bertz CT molecular complexity index is 384. The Labute approximate surface area is 87.5 Å². The van der Waals surface area contributed by atoms with Crippen LogP contribution in [0.4, 0.5) is 0 Å². The lowest BCUT2D eigenvalue weighted by Crippen LogP contribution is -1.94. The van der Waals surface area contributed by atoms with Crippen LogP contribution >= 0.6 is 7.60 Å². The summed E-state index contributed by atoms with van der Waals surface area (Å²) in [5, 5.41) is 9.40. The third-order valence-electron chi connectivity index (χ3n) is 1.94. The van der Waals surface area contributed by atoms with Gasteiger partial charge in [0.05, 0.1) is 13.3 Å². The Morgan fingerprint density at radius 3 is 2.53 bits per heavy atom. The van der Waals surface area contributed by atoms with Crippen LogP contribution in [-0.2, 0) is 11.0 Å². The first kappa shape index (κ1) is 12.0. The van der Waals surface area contributed by atoms with Crippen LogP contribution in [0.2, 0.25) is 0 Å². The highest BCUT2D eigenvalue weighted by Gasteiger charge is 2.13. The summed E-state index contributed by atoms with van der Waals surface area (Å²) in [6, 6.07) is 4.66. The predicted molar refractivity (Wildman–Crippen MR) is 55.3 cm³/mol. The first-order valence-corrected chi connectivity index (χ1v) is 6.12. The molecule has 0 fully saturated rings. The Morgan fingerprint density at radius 1 is 1.40 bits per heavy atom. The van der Waals surface area contributed by atoms with Gasteiger partial charge in [0.2, 0.25) is 0 Å². The third kappa shape index (κ3) is 3.91. The second-order valence-electron chi connectivity index (χ2n) is 3.14. The number of phenols is 1. The minimum atomic E-state index is -3.98. The summed E-state index contributed by atoms with van der Waals surface area (Å²) in [5.74, 6) is 0.315. The Balaban J connectivity index is 2.72. The fraction of sp³-hybridized carbons (Fsp3) is 0.333. The summed E-state index contributed by atoms with van der Waals surface area (Å²) < 4.78 is 15.5. The molecule has 0 aliphatic rings. The molecule has 5 nitrogen and oxygen atoms in total. The smallest absolute Gasteiger partial charge is 0.325 e. The lowest BCUT2D eigenvalue weighted by atomic mass is 10.1. The Morgan fingerprint density at radius 2 is 2.07 bits per heavy atom. The van der Waals surface area contributed by atoms with E-state index in [2.05, 4.69) is 0 Å². The van der Waals surface area contributed by atoms with E-state index in [0.717, 1.165) is 0 Å². The van der Waals surface area contributed by atoms with Crippen molar-refractivity contribution in [3.05, 3.63) is 23.8 Å².